The van der Waals surface area contributed by atoms with Crippen LogP contribution in [0.15, 0.2) is 4.99 Å². The number of rotatable bonds is 1. The molecule has 1 saturated carbocycles. The van der Waals surface area contributed by atoms with Crippen molar-refractivity contribution in [2.24, 2.45) is 4.99 Å². The highest BCUT2D eigenvalue weighted by Crippen LogP contribution is 2.20. The van der Waals surface area contributed by atoms with Crippen molar-refractivity contribution in [3.05, 3.63) is 0 Å². The Balaban J connectivity index is 2.07. The van der Waals surface area contributed by atoms with Crippen molar-refractivity contribution in [3.8, 4) is 0 Å². The number of nitrogens with zero attached hydrogens (tertiary/aromatic N) is 2. The van der Waals surface area contributed by atoms with Crippen molar-refractivity contribution in [1.82, 2.24) is 10.2 Å². The van der Waals surface area contributed by atoms with Crippen LogP contribution in [0.5, 0.6) is 0 Å². The molecule has 5 nitrogen and oxygen atoms in total. The van der Waals surface area contributed by atoms with Crippen molar-refractivity contribution in [2.45, 2.75) is 38.1 Å². The lowest BCUT2D eigenvalue weighted by Crippen LogP contribution is -2.26. The maximum absolute atomic E-state index is 11.5. The van der Waals surface area contributed by atoms with Gasteiger partial charge in [0.05, 0.1) is 6.04 Å². The van der Waals surface area contributed by atoms with E-state index in [1.54, 1.807) is 0 Å². The highest BCUT2D eigenvalue weighted by Gasteiger charge is 2.32. The minimum absolute atomic E-state index is 0.212. The summed E-state index contributed by atoms with van der Waals surface area (Å²) in [5.74, 6) is -0.0972. The highest BCUT2D eigenvalue weighted by atomic mass is 16.2. The molecule has 15 heavy (non-hydrogen) atoms. The Morgan fingerprint density at radius 1 is 1.27 bits per heavy atom. The van der Waals surface area contributed by atoms with Gasteiger partial charge >= 0.3 is 6.03 Å². The standard InChI is InChI=1S/C10H15N3O2/c1-13-9(14)8(12-10(13)15)11-7-5-3-2-4-6-7/h7H,2-6H2,1H3,(H,11,12,15). The average Bonchev–Trinajstić information content (AvgIpc) is 2.48. The molecule has 0 spiro atoms. The third-order valence-corrected chi connectivity index (χ3v) is 2.92. The zero-order chi connectivity index (χ0) is 10.8. The summed E-state index contributed by atoms with van der Waals surface area (Å²) in [6.45, 7) is 0. The molecular weight excluding hydrogens is 194 g/mol. The van der Waals surface area contributed by atoms with Gasteiger partial charge in [-0.05, 0) is 12.8 Å². The number of imide groups is 1. The van der Waals surface area contributed by atoms with E-state index in [0.717, 1.165) is 17.7 Å². The van der Waals surface area contributed by atoms with Crippen molar-refractivity contribution >= 4 is 17.8 Å². The minimum atomic E-state index is -0.380. The Labute approximate surface area is 88.5 Å². The third kappa shape index (κ3) is 2.00. The van der Waals surface area contributed by atoms with E-state index in [1.807, 2.05) is 0 Å². The molecule has 0 bridgehead atoms. The quantitative estimate of drug-likeness (QED) is 0.652. The van der Waals surface area contributed by atoms with Crippen LogP contribution < -0.4 is 5.32 Å². The summed E-state index contributed by atoms with van der Waals surface area (Å²) in [6, 6.07) is -0.168. The second kappa shape index (κ2) is 4.00. The van der Waals surface area contributed by atoms with E-state index in [0.29, 0.717) is 0 Å². The summed E-state index contributed by atoms with van der Waals surface area (Å²) in [5, 5.41) is 2.49. The third-order valence-electron chi connectivity index (χ3n) is 2.92. The molecule has 2 fully saturated rings. The summed E-state index contributed by atoms with van der Waals surface area (Å²) in [4.78, 5) is 28.0. The van der Waals surface area contributed by atoms with Gasteiger partial charge in [-0.2, -0.15) is 0 Å². The van der Waals surface area contributed by atoms with Crippen LogP contribution in [-0.2, 0) is 4.79 Å². The highest BCUT2D eigenvalue weighted by molar-refractivity contribution is 6.47. The Hall–Kier alpha value is -1.39. The average molecular weight is 209 g/mol. The topological polar surface area (TPSA) is 61.8 Å². The zero-order valence-corrected chi connectivity index (χ0v) is 8.82. The van der Waals surface area contributed by atoms with Crippen molar-refractivity contribution in [2.75, 3.05) is 7.05 Å². The number of aliphatic imine (C=N–C) groups is 1. The lowest BCUT2D eigenvalue weighted by Gasteiger charge is -2.17. The van der Waals surface area contributed by atoms with E-state index in [-0.39, 0.29) is 23.8 Å². The number of carbonyl (C=O) groups is 2. The number of carbonyl (C=O) groups excluding carboxylic acids is 2. The Bertz CT molecular complexity index is 319. The fraction of sp³-hybridized carbons (Fsp3) is 0.700. The molecule has 0 radical (unpaired) electrons. The molecule has 1 heterocycles. The molecule has 0 atom stereocenters. The second-order valence-electron chi connectivity index (χ2n) is 4.06. The number of likely N-dealkylation sites (N-methyl/N-ethyl adjacent to an activating group) is 1. The first-order valence-corrected chi connectivity index (χ1v) is 5.35. The first-order chi connectivity index (χ1) is 7.18. The van der Waals surface area contributed by atoms with Gasteiger partial charge in [-0.1, -0.05) is 19.3 Å². The first kappa shape index (κ1) is 10.1. The van der Waals surface area contributed by atoms with E-state index in [4.69, 9.17) is 0 Å². The van der Waals surface area contributed by atoms with Crippen LogP contribution in [0.3, 0.4) is 0 Å². The fourth-order valence-corrected chi connectivity index (χ4v) is 1.97. The lowest BCUT2D eigenvalue weighted by atomic mass is 9.96. The van der Waals surface area contributed by atoms with Gasteiger partial charge in [0.15, 0.2) is 5.84 Å². The van der Waals surface area contributed by atoms with Crippen LogP contribution in [0.2, 0.25) is 0 Å². The molecule has 2 aliphatic rings. The van der Waals surface area contributed by atoms with E-state index < -0.39 is 0 Å². The first-order valence-electron chi connectivity index (χ1n) is 5.35. The maximum Gasteiger partial charge on any atom is 0.329 e. The maximum atomic E-state index is 11.5. The molecule has 82 valence electrons. The van der Waals surface area contributed by atoms with Crippen molar-refractivity contribution in [1.29, 1.82) is 0 Å². The van der Waals surface area contributed by atoms with Crippen LogP contribution in [0, 0.1) is 0 Å². The van der Waals surface area contributed by atoms with Gasteiger partial charge < -0.3 is 0 Å². The molecule has 1 aliphatic heterocycles. The van der Waals surface area contributed by atoms with Crippen LogP contribution in [0.25, 0.3) is 0 Å². The summed E-state index contributed by atoms with van der Waals surface area (Å²) in [5.41, 5.74) is 0. The SMILES string of the molecule is CN1C(=O)NC(=NC2CCCCC2)C1=O. The van der Waals surface area contributed by atoms with Gasteiger partial charge in [0.1, 0.15) is 0 Å². The number of urea groups is 1. The van der Waals surface area contributed by atoms with E-state index in [9.17, 15) is 9.59 Å². The van der Waals surface area contributed by atoms with Gasteiger partial charge in [0, 0.05) is 7.05 Å². The molecule has 0 aromatic rings. The summed E-state index contributed by atoms with van der Waals surface area (Å²) >= 11 is 0. The second-order valence-corrected chi connectivity index (χ2v) is 4.06. The van der Waals surface area contributed by atoms with Gasteiger partial charge in [-0.25, -0.2) is 4.79 Å². The number of nitrogens with one attached hydrogen (secondary N) is 1. The minimum Gasteiger partial charge on any atom is -0.287 e. The molecule has 1 N–H and O–H groups in total. The smallest absolute Gasteiger partial charge is 0.287 e. The molecule has 0 unspecified atom stereocenters. The van der Waals surface area contributed by atoms with Gasteiger partial charge in [0.25, 0.3) is 5.91 Å². The number of hydrogen-bond donors (Lipinski definition) is 1. The number of hydrogen-bond acceptors (Lipinski definition) is 3. The molecule has 1 saturated heterocycles. The predicted molar refractivity (Wildman–Crippen MR) is 55.6 cm³/mol. The number of amides is 3. The fourth-order valence-electron chi connectivity index (χ4n) is 1.97. The van der Waals surface area contributed by atoms with Crippen molar-refractivity contribution < 1.29 is 9.59 Å². The predicted octanol–water partition coefficient (Wildman–Crippen LogP) is 0.899. The van der Waals surface area contributed by atoms with E-state index >= 15 is 0 Å². The molecule has 0 aromatic carbocycles. The summed E-state index contributed by atoms with van der Waals surface area (Å²) < 4.78 is 0. The summed E-state index contributed by atoms with van der Waals surface area (Å²) in [7, 11) is 1.46. The van der Waals surface area contributed by atoms with Crippen LogP contribution in [0.1, 0.15) is 32.1 Å². The Morgan fingerprint density at radius 2 is 1.93 bits per heavy atom. The Morgan fingerprint density at radius 3 is 2.47 bits per heavy atom. The number of amidine groups is 1. The molecular formula is C10H15N3O2. The molecule has 3 amide bonds. The summed E-state index contributed by atoms with van der Waals surface area (Å²) in [6.07, 6.45) is 5.63. The molecule has 5 heteroatoms. The normalized spacial score (nSPS) is 26.2. The Kier molecular flexibility index (Phi) is 2.70. The van der Waals surface area contributed by atoms with E-state index in [2.05, 4.69) is 10.3 Å². The van der Waals surface area contributed by atoms with Crippen LogP contribution in [-0.4, -0.2) is 35.8 Å². The van der Waals surface area contributed by atoms with E-state index in [1.165, 1.54) is 26.3 Å². The molecule has 0 aromatic heterocycles. The van der Waals surface area contributed by atoms with Gasteiger partial charge in [-0.3, -0.25) is 20.0 Å². The molecule has 1 aliphatic carbocycles. The van der Waals surface area contributed by atoms with Gasteiger partial charge in [0.2, 0.25) is 0 Å². The zero-order valence-electron chi connectivity index (χ0n) is 8.82. The van der Waals surface area contributed by atoms with Crippen molar-refractivity contribution in [3.63, 3.8) is 0 Å². The van der Waals surface area contributed by atoms with Crippen LogP contribution >= 0.6 is 0 Å². The van der Waals surface area contributed by atoms with Gasteiger partial charge in [-0.15, -0.1) is 0 Å². The van der Waals surface area contributed by atoms with Crippen LogP contribution in [0.4, 0.5) is 4.79 Å². The monoisotopic (exact) mass is 209 g/mol. The largest absolute Gasteiger partial charge is 0.329 e. The molecule has 2 rings (SSSR count). The lowest BCUT2D eigenvalue weighted by molar-refractivity contribution is -0.119.